The Morgan fingerprint density at radius 3 is 2.42 bits per heavy atom. The summed E-state index contributed by atoms with van der Waals surface area (Å²) in [5.41, 5.74) is 7.09. The van der Waals surface area contributed by atoms with Crippen molar-refractivity contribution in [1.82, 2.24) is 4.90 Å². The van der Waals surface area contributed by atoms with E-state index in [9.17, 15) is 4.79 Å². The first kappa shape index (κ1) is 12.4. The van der Waals surface area contributed by atoms with Crippen molar-refractivity contribution in [3.63, 3.8) is 0 Å². The van der Waals surface area contributed by atoms with E-state index in [0.29, 0.717) is 12.1 Å². The van der Waals surface area contributed by atoms with Gasteiger partial charge in [0.25, 0.3) is 0 Å². The molecule has 2 saturated heterocycles. The van der Waals surface area contributed by atoms with Crippen LogP contribution >= 0.6 is 0 Å². The molecule has 0 saturated carbocycles. The summed E-state index contributed by atoms with van der Waals surface area (Å²) < 4.78 is 0. The lowest BCUT2D eigenvalue weighted by atomic mass is 9.98. The average molecular weight is 256 g/mol. The maximum atomic E-state index is 12.3. The van der Waals surface area contributed by atoms with Gasteiger partial charge < -0.3 is 10.6 Å². The van der Waals surface area contributed by atoms with E-state index in [1.807, 2.05) is 36.4 Å². The fourth-order valence-electron chi connectivity index (χ4n) is 3.40. The van der Waals surface area contributed by atoms with Crippen molar-refractivity contribution in [3.8, 4) is 0 Å². The highest BCUT2D eigenvalue weighted by atomic mass is 16.2. The molecular weight excluding hydrogens is 236 g/mol. The van der Waals surface area contributed by atoms with E-state index in [1.54, 1.807) is 6.08 Å². The van der Waals surface area contributed by atoms with Gasteiger partial charge in [0.15, 0.2) is 0 Å². The number of nitrogens with two attached hydrogens (primary N) is 1. The number of benzene rings is 1. The number of hydrogen-bond acceptors (Lipinski definition) is 2. The Morgan fingerprint density at radius 1 is 1.16 bits per heavy atom. The number of nitrogens with zero attached hydrogens (tertiary/aromatic N) is 1. The Labute approximate surface area is 114 Å². The molecule has 1 amide bonds. The molecule has 2 N–H and O–H groups in total. The van der Waals surface area contributed by atoms with E-state index >= 15 is 0 Å². The Hall–Kier alpha value is -1.61. The molecule has 2 heterocycles. The zero-order valence-corrected chi connectivity index (χ0v) is 11.0. The van der Waals surface area contributed by atoms with Crippen LogP contribution in [0.2, 0.25) is 0 Å². The number of hydrogen-bond donors (Lipinski definition) is 1. The first-order chi connectivity index (χ1) is 9.24. The summed E-state index contributed by atoms with van der Waals surface area (Å²) >= 11 is 0. The molecule has 2 aliphatic heterocycles. The van der Waals surface area contributed by atoms with Crippen LogP contribution in [0.4, 0.5) is 0 Å². The van der Waals surface area contributed by atoms with Gasteiger partial charge in [-0.3, -0.25) is 4.79 Å². The second-order valence-electron chi connectivity index (χ2n) is 5.61. The fraction of sp³-hybridized carbons (Fsp3) is 0.438. The van der Waals surface area contributed by atoms with Gasteiger partial charge in [-0.1, -0.05) is 30.3 Å². The number of amides is 1. The molecule has 3 heteroatoms. The number of piperidine rings is 1. The second-order valence-corrected chi connectivity index (χ2v) is 5.61. The van der Waals surface area contributed by atoms with Crippen LogP contribution in [-0.2, 0) is 4.79 Å². The van der Waals surface area contributed by atoms with E-state index in [4.69, 9.17) is 5.73 Å². The standard InChI is InChI=1S/C16H20N2O/c17-13-10-14-7-8-15(11-13)18(14)16(19)9-6-12-4-2-1-3-5-12/h1-6,9,13-15H,7-8,10-11,17H2/b9-6+. The van der Waals surface area contributed by atoms with Gasteiger partial charge in [0.05, 0.1) is 0 Å². The highest BCUT2D eigenvalue weighted by Crippen LogP contribution is 2.35. The third-order valence-corrected chi connectivity index (χ3v) is 4.24. The van der Waals surface area contributed by atoms with Gasteiger partial charge in [-0.05, 0) is 37.3 Å². The molecule has 2 bridgehead atoms. The van der Waals surface area contributed by atoms with Crippen LogP contribution in [0.1, 0.15) is 31.2 Å². The molecule has 0 aliphatic carbocycles. The molecule has 1 aromatic rings. The van der Waals surface area contributed by atoms with Crippen molar-refractivity contribution in [3.05, 3.63) is 42.0 Å². The van der Waals surface area contributed by atoms with Crippen LogP contribution in [-0.4, -0.2) is 28.9 Å². The molecule has 0 aromatic heterocycles. The molecule has 0 radical (unpaired) electrons. The Bertz CT molecular complexity index is 469. The van der Waals surface area contributed by atoms with E-state index in [0.717, 1.165) is 31.2 Å². The maximum absolute atomic E-state index is 12.3. The summed E-state index contributed by atoms with van der Waals surface area (Å²) in [6.07, 6.45) is 7.75. The van der Waals surface area contributed by atoms with Crippen LogP contribution in [0.25, 0.3) is 6.08 Å². The predicted molar refractivity (Wildman–Crippen MR) is 76.3 cm³/mol. The second kappa shape index (κ2) is 5.17. The molecule has 19 heavy (non-hydrogen) atoms. The minimum Gasteiger partial charge on any atom is -0.333 e. The van der Waals surface area contributed by atoms with E-state index in [1.165, 1.54) is 0 Å². The predicted octanol–water partition coefficient (Wildman–Crippen LogP) is 2.18. The molecular formula is C16H20N2O. The van der Waals surface area contributed by atoms with Gasteiger partial charge in [-0.2, -0.15) is 0 Å². The van der Waals surface area contributed by atoms with Gasteiger partial charge in [0.1, 0.15) is 0 Å². The minimum atomic E-state index is 0.142. The Morgan fingerprint density at radius 2 is 1.79 bits per heavy atom. The van der Waals surface area contributed by atoms with Gasteiger partial charge in [-0.25, -0.2) is 0 Å². The van der Waals surface area contributed by atoms with Crippen molar-refractivity contribution in [2.24, 2.45) is 5.73 Å². The zero-order valence-electron chi connectivity index (χ0n) is 11.0. The Balaban J connectivity index is 1.70. The molecule has 1 aromatic carbocycles. The van der Waals surface area contributed by atoms with Crippen LogP contribution in [0.5, 0.6) is 0 Å². The highest BCUT2D eigenvalue weighted by Gasteiger charge is 2.41. The molecule has 100 valence electrons. The summed E-state index contributed by atoms with van der Waals surface area (Å²) in [6.45, 7) is 0. The summed E-state index contributed by atoms with van der Waals surface area (Å²) in [5.74, 6) is 0.142. The molecule has 2 fully saturated rings. The van der Waals surface area contributed by atoms with Gasteiger partial charge in [0, 0.05) is 24.2 Å². The van der Waals surface area contributed by atoms with E-state index in [-0.39, 0.29) is 11.9 Å². The molecule has 0 spiro atoms. The van der Waals surface area contributed by atoms with E-state index < -0.39 is 0 Å². The average Bonchev–Trinajstić information content (AvgIpc) is 2.70. The molecule has 3 rings (SSSR count). The number of fused-ring (bicyclic) bond motifs is 2. The number of carbonyl (C=O) groups is 1. The summed E-state index contributed by atoms with van der Waals surface area (Å²) in [4.78, 5) is 14.4. The van der Waals surface area contributed by atoms with Gasteiger partial charge in [-0.15, -0.1) is 0 Å². The smallest absolute Gasteiger partial charge is 0.247 e. The van der Waals surface area contributed by atoms with Crippen molar-refractivity contribution in [2.45, 2.75) is 43.8 Å². The third kappa shape index (κ3) is 2.56. The molecule has 2 atom stereocenters. The van der Waals surface area contributed by atoms with Crippen molar-refractivity contribution in [2.75, 3.05) is 0 Å². The number of carbonyl (C=O) groups excluding carboxylic acids is 1. The molecule has 2 aliphatic rings. The van der Waals surface area contributed by atoms with Crippen LogP contribution in [0.15, 0.2) is 36.4 Å². The zero-order chi connectivity index (χ0) is 13.2. The fourth-order valence-corrected chi connectivity index (χ4v) is 3.40. The van der Waals surface area contributed by atoms with Crippen molar-refractivity contribution < 1.29 is 4.79 Å². The summed E-state index contributed by atoms with van der Waals surface area (Å²) in [6, 6.07) is 10.9. The first-order valence-corrected chi connectivity index (χ1v) is 7.05. The monoisotopic (exact) mass is 256 g/mol. The Kier molecular flexibility index (Phi) is 3.38. The lowest BCUT2D eigenvalue weighted by Gasteiger charge is -2.37. The number of rotatable bonds is 2. The van der Waals surface area contributed by atoms with Gasteiger partial charge in [0.2, 0.25) is 5.91 Å². The van der Waals surface area contributed by atoms with Crippen molar-refractivity contribution in [1.29, 1.82) is 0 Å². The van der Waals surface area contributed by atoms with Gasteiger partial charge >= 0.3 is 0 Å². The van der Waals surface area contributed by atoms with E-state index in [2.05, 4.69) is 4.90 Å². The normalized spacial score (nSPS) is 29.9. The lowest BCUT2D eigenvalue weighted by Crippen LogP contribution is -2.49. The van der Waals surface area contributed by atoms with Crippen LogP contribution in [0, 0.1) is 0 Å². The summed E-state index contributed by atoms with van der Waals surface area (Å²) in [5, 5.41) is 0. The molecule has 3 nitrogen and oxygen atoms in total. The summed E-state index contributed by atoms with van der Waals surface area (Å²) in [7, 11) is 0. The quantitative estimate of drug-likeness (QED) is 0.824. The third-order valence-electron chi connectivity index (χ3n) is 4.24. The van der Waals surface area contributed by atoms with Crippen molar-refractivity contribution >= 4 is 12.0 Å². The molecule has 2 unspecified atom stereocenters. The largest absolute Gasteiger partial charge is 0.333 e. The lowest BCUT2D eigenvalue weighted by molar-refractivity contribution is -0.130. The topological polar surface area (TPSA) is 46.3 Å². The first-order valence-electron chi connectivity index (χ1n) is 7.05. The maximum Gasteiger partial charge on any atom is 0.247 e. The minimum absolute atomic E-state index is 0.142. The highest BCUT2D eigenvalue weighted by molar-refractivity contribution is 5.92. The van der Waals surface area contributed by atoms with Crippen LogP contribution < -0.4 is 5.73 Å². The van der Waals surface area contributed by atoms with Crippen LogP contribution in [0.3, 0.4) is 0 Å². The SMILES string of the molecule is NC1CC2CCC(C1)N2C(=O)/C=C/c1ccccc1.